The molecule has 3 heteroatoms. The Kier molecular flexibility index (Phi) is 1.17. The number of hydrogen-bond acceptors (Lipinski definition) is 2. The Bertz CT molecular complexity index is 73.8. The van der Waals surface area contributed by atoms with E-state index in [-0.39, 0.29) is 6.35 Å². The molecule has 1 atom stereocenters. The maximum atomic E-state index is 4.77. The monoisotopic (exact) mass is 99.1 g/mol. The van der Waals surface area contributed by atoms with Crippen LogP contribution in [0.1, 0.15) is 0 Å². The molecule has 0 amide bonds. The van der Waals surface area contributed by atoms with Gasteiger partial charge < -0.3 is 10.1 Å². The van der Waals surface area contributed by atoms with Gasteiger partial charge in [-0.15, -0.1) is 0 Å². The summed E-state index contributed by atoms with van der Waals surface area (Å²) >= 11 is 0. The zero-order chi connectivity index (χ0) is 5.11. The van der Waals surface area contributed by atoms with Gasteiger partial charge in [0.1, 0.15) is 0 Å². The standard InChI is InChI=1S/C4H7N2O/c1-7-4-5-2-3-6-4/h2-5H,1H3. The van der Waals surface area contributed by atoms with Crippen LogP contribution >= 0.6 is 0 Å². The van der Waals surface area contributed by atoms with Crippen LogP contribution in [0.25, 0.3) is 0 Å². The quantitative estimate of drug-likeness (QED) is 0.485. The van der Waals surface area contributed by atoms with Gasteiger partial charge in [0, 0.05) is 19.5 Å². The minimum absolute atomic E-state index is 0.139. The van der Waals surface area contributed by atoms with Gasteiger partial charge in [-0.3, -0.25) is 0 Å². The van der Waals surface area contributed by atoms with Crippen LogP contribution in [0.15, 0.2) is 12.4 Å². The van der Waals surface area contributed by atoms with E-state index >= 15 is 0 Å². The lowest BCUT2D eigenvalue weighted by atomic mass is 11.0. The number of rotatable bonds is 1. The lowest BCUT2D eigenvalue weighted by molar-refractivity contribution is 0.0750. The molecule has 1 heterocycles. The summed E-state index contributed by atoms with van der Waals surface area (Å²) in [6.07, 6.45) is 3.28. The number of ether oxygens (including phenoxy) is 1. The summed E-state index contributed by atoms with van der Waals surface area (Å²) < 4.78 is 4.77. The lowest BCUT2D eigenvalue weighted by Crippen LogP contribution is -2.27. The first-order valence-electron chi connectivity index (χ1n) is 2.07. The van der Waals surface area contributed by atoms with E-state index in [9.17, 15) is 0 Å². The van der Waals surface area contributed by atoms with Crippen LogP contribution in [0.4, 0.5) is 0 Å². The van der Waals surface area contributed by atoms with Crippen molar-refractivity contribution in [1.82, 2.24) is 10.6 Å². The van der Waals surface area contributed by atoms with Gasteiger partial charge >= 0.3 is 0 Å². The fourth-order valence-corrected chi connectivity index (χ4v) is 0.418. The van der Waals surface area contributed by atoms with Gasteiger partial charge in [-0.1, -0.05) is 0 Å². The molecule has 3 nitrogen and oxygen atoms in total. The molecule has 1 N–H and O–H groups in total. The van der Waals surface area contributed by atoms with Gasteiger partial charge in [0.15, 0.2) is 0 Å². The van der Waals surface area contributed by atoms with Gasteiger partial charge in [-0.05, 0) is 0 Å². The largest absolute Gasteiger partial charge is 0.346 e. The molecule has 0 aromatic carbocycles. The van der Waals surface area contributed by atoms with Crippen LogP contribution < -0.4 is 10.6 Å². The van der Waals surface area contributed by atoms with E-state index in [0.717, 1.165) is 0 Å². The summed E-state index contributed by atoms with van der Waals surface area (Å²) in [5.74, 6) is 0. The molecule has 0 spiro atoms. The van der Waals surface area contributed by atoms with Crippen molar-refractivity contribution < 1.29 is 4.74 Å². The predicted octanol–water partition coefficient (Wildman–Crippen LogP) is -0.405. The van der Waals surface area contributed by atoms with Crippen molar-refractivity contribution in [2.24, 2.45) is 0 Å². The molecule has 7 heavy (non-hydrogen) atoms. The second-order valence-electron chi connectivity index (χ2n) is 1.22. The summed E-state index contributed by atoms with van der Waals surface area (Å²) in [5.41, 5.74) is 0. The van der Waals surface area contributed by atoms with Crippen molar-refractivity contribution in [2.75, 3.05) is 7.11 Å². The minimum Gasteiger partial charge on any atom is -0.346 e. The molecular weight excluding hydrogens is 92.1 g/mol. The number of methoxy groups -OCH3 is 1. The van der Waals surface area contributed by atoms with Gasteiger partial charge in [0.25, 0.3) is 0 Å². The van der Waals surface area contributed by atoms with E-state index < -0.39 is 0 Å². The Morgan fingerprint density at radius 2 is 2.71 bits per heavy atom. The topological polar surface area (TPSA) is 35.4 Å². The third-order valence-electron chi connectivity index (χ3n) is 0.758. The molecule has 1 aliphatic rings. The summed E-state index contributed by atoms with van der Waals surface area (Å²) in [5, 5.41) is 6.68. The van der Waals surface area contributed by atoms with Crippen LogP contribution in [0, 0.1) is 0 Å². The SMILES string of the molecule is COC1[N]C=CN1. The Labute approximate surface area is 42.4 Å². The van der Waals surface area contributed by atoms with Crippen molar-refractivity contribution in [2.45, 2.75) is 6.35 Å². The molecule has 0 saturated heterocycles. The number of hydrogen-bond donors (Lipinski definition) is 1. The van der Waals surface area contributed by atoms with Crippen LogP contribution in [0.3, 0.4) is 0 Å². The minimum atomic E-state index is -0.139. The van der Waals surface area contributed by atoms with E-state index in [1.165, 1.54) is 0 Å². The van der Waals surface area contributed by atoms with Crippen LogP contribution in [0.2, 0.25) is 0 Å². The van der Waals surface area contributed by atoms with Crippen LogP contribution in [-0.4, -0.2) is 13.5 Å². The zero-order valence-electron chi connectivity index (χ0n) is 4.09. The van der Waals surface area contributed by atoms with Gasteiger partial charge in [-0.2, -0.15) is 0 Å². The van der Waals surface area contributed by atoms with Gasteiger partial charge in [0.2, 0.25) is 6.35 Å². The molecule has 0 aliphatic carbocycles. The Morgan fingerprint density at radius 3 is 3.00 bits per heavy atom. The fraction of sp³-hybridized carbons (Fsp3) is 0.500. The van der Waals surface area contributed by atoms with E-state index in [1.54, 1.807) is 19.5 Å². The first-order valence-corrected chi connectivity index (χ1v) is 2.07. The molecular formula is C4H7N2O. The van der Waals surface area contributed by atoms with Crippen molar-refractivity contribution in [3.8, 4) is 0 Å². The van der Waals surface area contributed by atoms with E-state index in [4.69, 9.17) is 4.74 Å². The highest BCUT2D eigenvalue weighted by Crippen LogP contribution is 1.87. The smallest absolute Gasteiger partial charge is 0.224 e. The fourth-order valence-electron chi connectivity index (χ4n) is 0.418. The molecule has 1 unspecified atom stereocenters. The second-order valence-corrected chi connectivity index (χ2v) is 1.22. The normalized spacial score (nSPS) is 19.0. The van der Waals surface area contributed by atoms with Crippen molar-refractivity contribution in [3.63, 3.8) is 0 Å². The van der Waals surface area contributed by atoms with E-state index in [1.807, 2.05) is 0 Å². The summed E-state index contributed by atoms with van der Waals surface area (Å²) in [6.45, 7) is 0. The highest BCUT2D eigenvalue weighted by molar-refractivity contribution is 4.85. The molecule has 1 rings (SSSR count). The Morgan fingerprint density at radius 1 is 1.86 bits per heavy atom. The first-order chi connectivity index (χ1) is 3.43. The zero-order valence-corrected chi connectivity index (χ0v) is 4.09. The Balaban J connectivity index is 2.22. The highest BCUT2D eigenvalue weighted by Gasteiger charge is 2.04. The van der Waals surface area contributed by atoms with Crippen LogP contribution in [0.5, 0.6) is 0 Å². The molecule has 0 bridgehead atoms. The Hall–Kier alpha value is -0.700. The van der Waals surface area contributed by atoms with E-state index in [0.29, 0.717) is 0 Å². The molecule has 0 aromatic rings. The summed E-state index contributed by atoms with van der Waals surface area (Å²) in [4.78, 5) is 0. The molecule has 1 aliphatic heterocycles. The number of nitrogens with one attached hydrogen (secondary N) is 1. The molecule has 0 aromatic heterocycles. The van der Waals surface area contributed by atoms with Crippen molar-refractivity contribution in [1.29, 1.82) is 0 Å². The maximum absolute atomic E-state index is 4.77. The third-order valence-corrected chi connectivity index (χ3v) is 0.758. The average Bonchev–Trinajstić information content (AvgIpc) is 2.14. The first kappa shape index (κ1) is 4.46. The lowest BCUT2D eigenvalue weighted by Gasteiger charge is -2.04. The maximum Gasteiger partial charge on any atom is 0.224 e. The van der Waals surface area contributed by atoms with Crippen LogP contribution in [-0.2, 0) is 4.74 Å². The van der Waals surface area contributed by atoms with Crippen molar-refractivity contribution >= 4 is 0 Å². The number of nitrogens with zero attached hydrogens (tertiary/aromatic N) is 1. The van der Waals surface area contributed by atoms with Crippen molar-refractivity contribution in [3.05, 3.63) is 12.4 Å². The second kappa shape index (κ2) is 1.84. The van der Waals surface area contributed by atoms with E-state index in [2.05, 4.69) is 10.6 Å². The molecule has 0 saturated carbocycles. The van der Waals surface area contributed by atoms with Gasteiger partial charge in [0.05, 0.1) is 0 Å². The average molecular weight is 99.1 g/mol. The highest BCUT2D eigenvalue weighted by atomic mass is 16.5. The van der Waals surface area contributed by atoms with Gasteiger partial charge in [-0.25, -0.2) is 5.32 Å². The summed E-state index contributed by atoms with van der Waals surface area (Å²) in [7, 11) is 1.61. The predicted molar refractivity (Wildman–Crippen MR) is 25.2 cm³/mol. The molecule has 0 fully saturated rings. The molecule has 1 radical (unpaired) electrons. The summed E-state index contributed by atoms with van der Waals surface area (Å²) in [6, 6.07) is 0. The third kappa shape index (κ3) is 0.838. The molecule has 39 valence electrons.